The van der Waals surface area contributed by atoms with Crippen LogP contribution in [0.5, 0.6) is 0 Å². The molecule has 2 rings (SSSR count). The Kier molecular flexibility index (Phi) is 2.37. The van der Waals surface area contributed by atoms with Crippen LogP contribution in [-0.2, 0) is 0 Å². The van der Waals surface area contributed by atoms with Gasteiger partial charge in [-0.1, -0.05) is 13.3 Å². The van der Waals surface area contributed by atoms with E-state index in [1.165, 1.54) is 32.4 Å². The molecule has 0 aromatic heterocycles. The van der Waals surface area contributed by atoms with Crippen molar-refractivity contribution in [2.24, 2.45) is 5.92 Å². The average molecular weight is 169 g/mol. The van der Waals surface area contributed by atoms with Crippen molar-refractivity contribution in [2.45, 2.75) is 44.8 Å². The summed E-state index contributed by atoms with van der Waals surface area (Å²) >= 11 is 0. The molecule has 70 valence electrons. The quantitative estimate of drug-likeness (QED) is 0.638. The molecule has 2 heterocycles. The van der Waals surface area contributed by atoms with E-state index in [9.17, 15) is 5.11 Å². The van der Waals surface area contributed by atoms with Crippen LogP contribution in [0.25, 0.3) is 0 Å². The number of hydrogen-bond acceptors (Lipinski definition) is 2. The molecule has 2 aliphatic heterocycles. The molecule has 2 aliphatic rings. The maximum atomic E-state index is 10.00. The van der Waals surface area contributed by atoms with E-state index in [2.05, 4.69) is 11.8 Å². The van der Waals surface area contributed by atoms with Gasteiger partial charge in [0.25, 0.3) is 0 Å². The van der Waals surface area contributed by atoms with Gasteiger partial charge in [-0.15, -0.1) is 0 Å². The van der Waals surface area contributed by atoms with Crippen LogP contribution in [0.2, 0.25) is 0 Å². The number of hydrogen-bond donors (Lipinski definition) is 1. The van der Waals surface area contributed by atoms with Gasteiger partial charge in [0.15, 0.2) is 0 Å². The fourth-order valence-electron chi connectivity index (χ4n) is 2.78. The first-order chi connectivity index (χ1) is 5.83. The standard InChI is InChI=1S/C10H19NO/c1-2-8-5-7-11-6-3-4-9(11)10(8)12/h8-10,12H,2-7H2,1H3/t8-,9-,10+/m0/s1. The third kappa shape index (κ3) is 1.27. The Bertz CT molecular complexity index is 160. The van der Waals surface area contributed by atoms with Gasteiger partial charge in [0.1, 0.15) is 0 Å². The van der Waals surface area contributed by atoms with Crippen molar-refractivity contribution in [1.29, 1.82) is 0 Å². The number of fused-ring (bicyclic) bond motifs is 1. The molecule has 0 aromatic carbocycles. The predicted octanol–water partition coefficient (Wildman–Crippen LogP) is 1.24. The molecule has 2 heteroatoms. The minimum atomic E-state index is -0.0359. The Morgan fingerprint density at radius 3 is 2.92 bits per heavy atom. The van der Waals surface area contributed by atoms with Crippen molar-refractivity contribution in [2.75, 3.05) is 13.1 Å². The van der Waals surface area contributed by atoms with Gasteiger partial charge >= 0.3 is 0 Å². The maximum Gasteiger partial charge on any atom is 0.0723 e. The zero-order valence-electron chi connectivity index (χ0n) is 7.87. The molecule has 0 unspecified atom stereocenters. The summed E-state index contributed by atoms with van der Waals surface area (Å²) in [6.07, 6.45) is 4.82. The second kappa shape index (κ2) is 3.35. The highest BCUT2D eigenvalue weighted by Crippen LogP contribution is 2.31. The van der Waals surface area contributed by atoms with Crippen molar-refractivity contribution in [3.8, 4) is 0 Å². The fourth-order valence-corrected chi connectivity index (χ4v) is 2.78. The van der Waals surface area contributed by atoms with E-state index in [0.29, 0.717) is 12.0 Å². The molecule has 1 N–H and O–H groups in total. The second-order valence-electron chi connectivity index (χ2n) is 4.19. The summed E-state index contributed by atoms with van der Waals surface area (Å²) in [4.78, 5) is 2.47. The van der Waals surface area contributed by atoms with E-state index in [1.54, 1.807) is 0 Å². The van der Waals surface area contributed by atoms with E-state index in [4.69, 9.17) is 0 Å². The van der Waals surface area contributed by atoms with Gasteiger partial charge in [0, 0.05) is 6.04 Å². The van der Waals surface area contributed by atoms with E-state index in [0.717, 1.165) is 6.42 Å². The molecule has 2 nitrogen and oxygen atoms in total. The zero-order valence-corrected chi connectivity index (χ0v) is 7.87. The normalized spacial score (nSPS) is 43.0. The largest absolute Gasteiger partial charge is 0.391 e. The first kappa shape index (κ1) is 8.52. The predicted molar refractivity (Wildman–Crippen MR) is 49.0 cm³/mol. The molecule has 0 aliphatic carbocycles. The molecule has 0 radical (unpaired) electrons. The second-order valence-corrected chi connectivity index (χ2v) is 4.19. The SMILES string of the molecule is CC[C@H]1CCN2CCC[C@H]2[C@@H]1O. The number of aliphatic hydroxyl groups excluding tert-OH is 1. The number of nitrogens with zero attached hydrogens (tertiary/aromatic N) is 1. The number of rotatable bonds is 1. The number of piperidine rings is 1. The fraction of sp³-hybridized carbons (Fsp3) is 1.00. The van der Waals surface area contributed by atoms with Crippen molar-refractivity contribution in [3.63, 3.8) is 0 Å². The Balaban J connectivity index is 2.02. The third-order valence-corrected chi connectivity index (χ3v) is 3.60. The lowest BCUT2D eigenvalue weighted by atomic mass is 9.86. The number of aliphatic hydroxyl groups is 1. The van der Waals surface area contributed by atoms with Crippen LogP contribution in [0.1, 0.15) is 32.6 Å². The molecular weight excluding hydrogens is 150 g/mol. The Morgan fingerprint density at radius 2 is 2.17 bits per heavy atom. The van der Waals surface area contributed by atoms with Crippen LogP contribution >= 0.6 is 0 Å². The summed E-state index contributed by atoms with van der Waals surface area (Å²) in [6, 6.07) is 0.503. The molecule has 0 spiro atoms. The lowest BCUT2D eigenvalue weighted by Gasteiger charge is -2.39. The zero-order chi connectivity index (χ0) is 8.55. The molecule has 0 saturated carbocycles. The molecule has 0 amide bonds. The van der Waals surface area contributed by atoms with E-state index in [-0.39, 0.29) is 6.10 Å². The van der Waals surface area contributed by atoms with Gasteiger partial charge in [-0.25, -0.2) is 0 Å². The van der Waals surface area contributed by atoms with Gasteiger partial charge in [-0.3, -0.25) is 4.90 Å². The van der Waals surface area contributed by atoms with Crippen molar-refractivity contribution >= 4 is 0 Å². The summed E-state index contributed by atoms with van der Waals surface area (Å²) in [6.45, 7) is 4.64. The van der Waals surface area contributed by atoms with Gasteiger partial charge < -0.3 is 5.11 Å². The summed E-state index contributed by atoms with van der Waals surface area (Å²) in [5, 5.41) is 10.00. The van der Waals surface area contributed by atoms with Gasteiger partial charge in [0.2, 0.25) is 0 Å². The highest BCUT2D eigenvalue weighted by Gasteiger charge is 2.38. The maximum absolute atomic E-state index is 10.00. The first-order valence-corrected chi connectivity index (χ1v) is 5.25. The molecule has 2 fully saturated rings. The van der Waals surface area contributed by atoms with Crippen molar-refractivity contribution < 1.29 is 5.11 Å². The Morgan fingerprint density at radius 1 is 1.33 bits per heavy atom. The monoisotopic (exact) mass is 169 g/mol. The van der Waals surface area contributed by atoms with Crippen LogP contribution < -0.4 is 0 Å². The van der Waals surface area contributed by atoms with Crippen LogP contribution in [-0.4, -0.2) is 35.2 Å². The van der Waals surface area contributed by atoms with Gasteiger partial charge in [-0.2, -0.15) is 0 Å². The summed E-state index contributed by atoms with van der Waals surface area (Å²) in [5.74, 6) is 0.573. The minimum absolute atomic E-state index is 0.0359. The van der Waals surface area contributed by atoms with Crippen LogP contribution in [0.3, 0.4) is 0 Å². The van der Waals surface area contributed by atoms with Crippen LogP contribution in [0.4, 0.5) is 0 Å². The molecule has 0 aromatic rings. The first-order valence-electron chi connectivity index (χ1n) is 5.25. The summed E-state index contributed by atoms with van der Waals surface area (Å²) < 4.78 is 0. The van der Waals surface area contributed by atoms with Gasteiger partial charge in [-0.05, 0) is 38.3 Å². The van der Waals surface area contributed by atoms with Crippen LogP contribution in [0, 0.1) is 5.92 Å². The minimum Gasteiger partial charge on any atom is -0.391 e. The topological polar surface area (TPSA) is 23.5 Å². The van der Waals surface area contributed by atoms with Gasteiger partial charge in [0.05, 0.1) is 6.10 Å². The highest BCUT2D eigenvalue weighted by atomic mass is 16.3. The smallest absolute Gasteiger partial charge is 0.0723 e. The lowest BCUT2D eigenvalue weighted by Crippen LogP contribution is -2.48. The van der Waals surface area contributed by atoms with E-state index in [1.807, 2.05) is 0 Å². The average Bonchev–Trinajstić information content (AvgIpc) is 2.53. The Hall–Kier alpha value is -0.0800. The lowest BCUT2D eigenvalue weighted by molar-refractivity contribution is -0.0124. The van der Waals surface area contributed by atoms with Crippen LogP contribution in [0.15, 0.2) is 0 Å². The summed E-state index contributed by atoms with van der Waals surface area (Å²) in [7, 11) is 0. The molecule has 3 atom stereocenters. The highest BCUT2D eigenvalue weighted by molar-refractivity contribution is 4.92. The molecular formula is C10H19NO. The van der Waals surface area contributed by atoms with E-state index < -0.39 is 0 Å². The van der Waals surface area contributed by atoms with E-state index >= 15 is 0 Å². The Labute approximate surface area is 74.6 Å². The molecule has 2 saturated heterocycles. The van der Waals surface area contributed by atoms with Crippen molar-refractivity contribution in [3.05, 3.63) is 0 Å². The summed E-state index contributed by atoms with van der Waals surface area (Å²) in [5.41, 5.74) is 0. The molecule has 12 heavy (non-hydrogen) atoms. The third-order valence-electron chi connectivity index (χ3n) is 3.60. The van der Waals surface area contributed by atoms with Crippen molar-refractivity contribution in [1.82, 2.24) is 4.90 Å². The molecule has 0 bridgehead atoms.